The number of halogens is 1. The molecule has 0 aliphatic carbocycles. The molecular formula is C17H18ClNO. The molecule has 0 radical (unpaired) electrons. The van der Waals surface area contributed by atoms with Gasteiger partial charge in [-0.05, 0) is 43.7 Å². The summed E-state index contributed by atoms with van der Waals surface area (Å²) in [6.45, 7) is 5.25. The van der Waals surface area contributed by atoms with E-state index in [4.69, 9.17) is 11.6 Å². The van der Waals surface area contributed by atoms with Gasteiger partial charge in [-0.2, -0.15) is 0 Å². The van der Waals surface area contributed by atoms with E-state index in [0.717, 1.165) is 12.2 Å². The van der Waals surface area contributed by atoms with Crippen LogP contribution in [0.15, 0.2) is 48.5 Å². The Morgan fingerprint density at radius 3 is 2.55 bits per heavy atom. The van der Waals surface area contributed by atoms with Crippen molar-refractivity contribution in [1.29, 1.82) is 0 Å². The van der Waals surface area contributed by atoms with Crippen molar-refractivity contribution >= 4 is 23.1 Å². The molecule has 0 aliphatic heterocycles. The fourth-order valence-corrected chi connectivity index (χ4v) is 2.33. The van der Waals surface area contributed by atoms with Crippen LogP contribution in [0.1, 0.15) is 22.8 Å². The molecule has 0 amide bonds. The van der Waals surface area contributed by atoms with Crippen LogP contribution in [0.25, 0.3) is 0 Å². The number of hydrogen-bond donors (Lipinski definition) is 0. The van der Waals surface area contributed by atoms with Crippen LogP contribution in [0.5, 0.6) is 0 Å². The van der Waals surface area contributed by atoms with E-state index in [1.165, 1.54) is 5.56 Å². The molecule has 0 saturated heterocycles. The van der Waals surface area contributed by atoms with Crippen molar-refractivity contribution < 1.29 is 4.79 Å². The lowest BCUT2D eigenvalue weighted by Crippen LogP contribution is -2.29. The fraction of sp³-hybridized carbons (Fsp3) is 0.235. The topological polar surface area (TPSA) is 20.3 Å². The number of likely N-dealkylation sites (N-methyl/N-ethyl adjacent to an activating group) is 1. The Kier molecular flexibility index (Phi) is 4.80. The maximum Gasteiger partial charge on any atom is 0.182 e. The van der Waals surface area contributed by atoms with Gasteiger partial charge in [-0.3, -0.25) is 4.79 Å². The monoisotopic (exact) mass is 287 g/mol. The van der Waals surface area contributed by atoms with Crippen LogP contribution in [0.3, 0.4) is 0 Å². The zero-order chi connectivity index (χ0) is 14.5. The van der Waals surface area contributed by atoms with Crippen LogP contribution >= 0.6 is 11.6 Å². The summed E-state index contributed by atoms with van der Waals surface area (Å²) in [4.78, 5) is 14.4. The number of Topliss-reactive ketones (excluding diaryl/α,β-unsaturated/α-hetero) is 1. The zero-order valence-electron chi connectivity index (χ0n) is 11.8. The molecule has 0 aliphatic rings. The normalized spacial score (nSPS) is 10.3. The van der Waals surface area contributed by atoms with Crippen molar-refractivity contribution in [1.82, 2.24) is 0 Å². The number of rotatable bonds is 5. The van der Waals surface area contributed by atoms with Gasteiger partial charge < -0.3 is 4.90 Å². The number of aryl methyl sites for hydroxylation is 1. The second-order valence-corrected chi connectivity index (χ2v) is 5.22. The second-order valence-electron chi connectivity index (χ2n) is 4.79. The molecule has 0 atom stereocenters. The van der Waals surface area contributed by atoms with Crippen LogP contribution in [-0.4, -0.2) is 18.9 Å². The lowest BCUT2D eigenvalue weighted by Gasteiger charge is -2.22. The third-order valence-corrected chi connectivity index (χ3v) is 3.46. The van der Waals surface area contributed by atoms with E-state index in [1.54, 1.807) is 24.3 Å². The van der Waals surface area contributed by atoms with Crippen LogP contribution in [-0.2, 0) is 0 Å². The van der Waals surface area contributed by atoms with Gasteiger partial charge >= 0.3 is 0 Å². The van der Waals surface area contributed by atoms with Crippen LogP contribution < -0.4 is 4.90 Å². The predicted octanol–water partition coefficient (Wildman–Crippen LogP) is 4.36. The largest absolute Gasteiger partial charge is 0.364 e. The molecule has 20 heavy (non-hydrogen) atoms. The number of anilines is 1. The molecule has 0 saturated carbocycles. The average molecular weight is 288 g/mol. The number of ketones is 1. The lowest BCUT2D eigenvalue weighted by molar-refractivity contribution is 0.0999. The summed E-state index contributed by atoms with van der Waals surface area (Å²) in [7, 11) is 0. The highest BCUT2D eigenvalue weighted by atomic mass is 35.5. The van der Waals surface area contributed by atoms with E-state index in [1.807, 2.05) is 19.1 Å². The third-order valence-electron chi connectivity index (χ3n) is 3.23. The standard InChI is InChI=1S/C17H18ClNO/c1-3-19(16-9-4-6-13(2)10-16)12-17(20)14-7-5-8-15(18)11-14/h4-11H,3,12H2,1-2H3. The number of nitrogens with zero attached hydrogens (tertiary/aromatic N) is 1. The van der Waals surface area contributed by atoms with Gasteiger partial charge in [-0.15, -0.1) is 0 Å². The van der Waals surface area contributed by atoms with Crippen molar-refractivity contribution in [3.05, 3.63) is 64.7 Å². The molecule has 0 aromatic heterocycles. The van der Waals surface area contributed by atoms with E-state index in [0.29, 0.717) is 17.1 Å². The number of benzene rings is 2. The van der Waals surface area contributed by atoms with E-state index in [2.05, 4.69) is 24.0 Å². The molecular weight excluding hydrogens is 270 g/mol. The van der Waals surface area contributed by atoms with Gasteiger partial charge in [0.25, 0.3) is 0 Å². The molecule has 104 valence electrons. The first-order chi connectivity index (χ1) is 9.60. The van der Waals surface area contributed by atoms with Crippen molar-refractivity contribution in [2.24, 2.45) is 0 Å². The minimum atomic E-state index is 0.0795. The molecule has 0 bridgehead atoms. The molecule has 0 N–H and O–H groups in total. The smallest absolute Gasteiger partial charge is 0.182 e. The van der Waals surface area contributed by atoms with E-state index in [-0.39, 0.29) is 5.78 Å². The minimum absolute atomic E-state index is 0.0795. The first kappa shape index (κ1) is 14.6. The number of carbonyl (C=O) groups excluding carboxylic acids is 1. The summed E-state index contributed by atoms with van der Waals surface area (Å²) in [5, 5.41) is 0.592. The Bertz CT molecular complexity index is 609. The molecule has 0 heterocycles. The van der Waals surface area contributed by atoms with Crippen molar-refractivity contribution in [3.8, 4) is 0 Å². The average Bonchev–Trinajstić information content (AvgIpc) is 2.44. The molecule has 2 aromatic carbocycles. The Balaban J connectivity index is 2.16. The Morgan fingerprint density at radius 1 is 1.15 bits per heavy atom. The first-order valence-electron chi connectivity index (χ1n) is 6.70. The molecule has 0 unspecified atom stereocenters. The van der Waals surface area contributed by atoms with Crippen molar-refractivity contribution in [2.45, 2.75) is 13.8 Å². The molecule has 0 fully saturated rings. The SMILES string of the molecule is CCN(CC(=O)c1cccc(Cl)c1)c1cccc(C)c1. The van der Waals surface area contributed by atoms with Crippen molar-refractivity contribution in [3.63, 3.8) is 0 Å². The van der Waals surface area contributed by atoms with Gasteiger partial charge in [0.05, 0.1) is 6.54 Å². The van der Waals surface area contributed by atoms with Gasteiger partial charge in [0.15, 0.2) is 5.78 Å². The highest BCUT2D eigenvalue weighted by Crippen LogP contribution is 2.17. The van der Waals surface area contributed by atoms with E-state index >= 15 is 0 Å². The van der Waals surface area contributed by atoms with Gasteiger partial charge in [0.2, 0.25) is 0 Å². The highest BCUT2D eigenvalue weighted by molar-refractivity contribution is 6.31. The maximum atomic E-state index is 12.3. The van der Waals surface area contributed by atoms with Crippen LogP contribution in [0.2, 0.25) is 5.02 Å². The Labute approximate surface area is 125 Å². The lowest BCUT2D eigenvalue weighted by atomic mass is 10.1. The fourth-order valence-electron chi connectivity index (χ4n) is 2.14. The maximum absolute atomic E-state index is 12.3. The third kappa shape index (κ3) is 3.61. The summed E-state index contributed by atoms with van der Waals surface area (Å²) in [6, 6.07) is 15.3. The molecule has 3 heteroatoms. The van der Waals surface area contributed by atoms with Crippen LogP contribution in [0.4, 0.5) is 5.69 Å². The molecule has 2 aromatic rings. The minimum Gasteiger partial charge on any atom is -0.364 e. The van der Waals surface area contributed by atoms with Crippen molar-refractivity contribution in [2.75, 3.05) is 18.0 Å². The van der Waals surface area contributed by atoms with Gasteiger partial charge in [0, 0.05) is 22.8 Å². The molecule has 2 nitrogen and oxygen atoms in total. The molecule has 2 rings (SSSR count). The predicted molar refractivity (Wildman–Crippen MR) is 84.8 cm³/mol. The van der Waals surface area contributed by atoms with E-state index < -0.39 is 0 Å². The van der Waals surface area contributed by atoms with Gasteiger partial charge in [-0.25, -0.2) is 0 Å². The number of hydrogen-bond acceptors (Lipinski definition) is 2. The van der Waals surface area contributed by atoms with Gasteiger partial charge in [0.1, 0.15) is 0 Å². The summed E-state index contributed by atoms with van der Waals surface area (Å²) < 4.78 is 0. The summed E-state index contributed by atoms with van der Waals surface area (Å²) in [6.07, 6.45) is 0. The van der Waals surface area contributed by atoms with Crippen LogP contribution in [0, 0.1) is 6.92 Å². The summed E-state index contributed by atoms with van der Waals surface area (Å²) in [5.41, 5.74) is 2.92. The second kappa shape index (κ2) is 6.58. The summed E-state index contributed by atoms with van der Waals surface area (Å²) >= 11 is 5.93. The molecule has 0 spiro atoms. The Hall–Kier alpha value is -1.80. The summed E-state index contributed by atoms with van der Waals surface area (Å²) in [5.74, 6) is 0.0795. The number of carbonyl (C=O) groups is 1. The quantitative estimate of drug-likeness (QED) is 0.762. The Morgan fingerprint density at radius 2 is 1.90 bits per heavy atom. The zero-order valence-corrected chi connectivity index (χ0v) is 12.5. The van der Waals surface area contributed by atoms with Gasteiger partial charge in [-0.1, -0.05) is 35.9 Å². The first-order valence-corrected chi connectivity index (χ1v) is 7.08. The highest BCUT2D eigenvalue weighted by Gasteiger charge is 2.12. The van der Waals surface area contributed by atoms with E-state index in [9.17, 15) is 4.79 Å².